The number of amidine groups is 1. The van der Waals surface area contributed by atoms with E-state index in [1.165, 1.54) is 18.2 Å². The number of hydrogen-bond donors (Lipinski definition) is 2. The number of rotatable bonds is 1. The molecular weight excluding hydrogens is 175 g/mol. The summed E-state index contributed by atoms with van der Waals surface area (Å²) in [4.78, 5) is 0. The van der Waals surface area contributed by atoms with Crippen LogP contribution in [-0.2, 0) is 0 Å². The van der Waals surface area contributed by atoms with Gasteiger partial charge in [-0.1, -0.05) is 17.2 Å². The molecule has 0 atom stereocenters. The van der Waals surface area contributed by atoms with Crippen LogP contribution in [0.3, 0.4) is 0 Å². The molecule has 13 heavy (non-hydrogen) atoms. The van der Waals surface area contributed by atoms with Crippen LogP contribution in [0.25, 0.3) is 0 Å². The van der Waals surface area contributed by atoms with Crippen molar-refractivity contribution in [2.75, 3.05) is 0 Å². The van der Waals surface area contributed by atoms with Crippen LogP contribution in [0.4, 0.5) is 4.39 Å². The zero-order chi connectivity index (χ0) is 9.68. The molecule has 0 radical (unpaired) electrons. The SMILES string of the molecule is NN=C(N=NO)c1ccccc1F. The minimum Gasteiger partial charge on any atom is -0.394 e. The predicted octanol–water partition coefficient (Wildman–Crippen LogP) is 1.29. The molecule has 0 saturated heterocycles. The van der Waals surface area contributed by atoms with Crippen molar-refractivity contribution < 1.29 is 9.60 Å². The van der Waals surface area contributed by atoms with Crippen molar-refractivity contribution >= 4 is 5.84 Å². The maximum Gasteiger partial charge on any atom is 0.206 e. The fourth-order valence-corrected chi connectivity index (χ4v) is 0.834. The Morgan fingerprint density at radius 1 is 1.38 bits per heavy atom. The maximum atomic E-state index is 13.0. The highest BCUT2D eigenvalue weighted by Crippen LogP contribution is 2.08. The topological polar surface area (TPSA) is 83.3 Å². The van der Waals surface area contributed by atoms with Crippen LogP contribution in [0.5, 0.6) is 0 Å². The minimum absolute atomic E-state index is 0.0859. The van der Waals surface area contributed by atoms with Gasteiger partial charge in [0.2, 0.25) is 5.84 Å². The molecule has 1 aromatic rings. The van der Waals surface area contributed by atoms with E-state index < -0.39 is 5.82 Å². The summed E-state index contributed by atoms with van der Waals surface area (Å²) in [5.74, 6) is 4.22. The molecule has 0 aliphatic rings. The van der Waals surface area contributed by atoms with E-state index in [-0.39, 0.29) is 11.4 Å². The van der Waals surface area contributed by atoms with Crippen LogP contribution in [0.2, 0.25) is 0 Å². The van der Waals surface area contributed by atoms with Crippen molar-refractivity contribution in [3.05, 3.63) is 35.6 Å². The second-order valence-electron chi connectivity index (χ2n) is 2.12. The second-order valence-corrected chi connectivity index (χ2v) is 2.12. The van der Waals surface area contributed by atoms with Crippen LogP contribution in [0.1, 0.15) is 5.56 Å². The lowest BCUT2D eigenvalue weighted by molar-refractivity contribution is 0.290. The summed E-state index contributed by atoms with van der Waals surface area (Å²) < 4.78 is 13.0. The number of hydrogen-bond acceptors (Lipinski definition) is 3. The first kappa shape index (κ1) is 9.11. The molecular formula is C7H7FN4O. The molecule has 1 aromatic carbocycles. The summed E-state index contributed by atoms with van der Waals surface area (Å²) in [6, 6.07) is 5.77. The van der Waals surface area contributed by atoms with E-state index in [0.717, 1.165) is 0 Å². The Labute approximate surface area is 73.4 Å². The molecule has 0 saturated carbocycles. The molecule has 0 aliphatic carbocycles. The van der Waals surface area contributed by atoms with Gasteiger partial charge >= 0.3 is 0 Å². The largest absolute Gasteiger partial charge is 0.394 e. The predicted molar refractivity (Wildman–Crippen MR) is 43.8 cm³/mol. The highest BCUT2D eigenvalue weighted by molar-refractivity contribution is 5.99. The van der Waals surface area contributed by atoms with Gasteiger partial charge in [-0.05, 0) is 12.1 Å². The van der Waals surface area contributed by atoms with Gasteiger partial charge < -0.3 is 11.0 Å². The van der Waals surface area contributed by atoms with E-state index in [1.807, 2.05) is 0 Å². The number of hydrazone groups is 1. The summed E-state index contributed by atoms with van der Waals surface area (Å²) in [7, 11) is 0. The third-order valence-corrected chi connectivity index (χ3v) is 1.38. The monoisotopic (exact) mass is 182 g/mol. The van der Waals surface area contributed by atoms with Crippen LogP contribution >= 0.6 is 0 Å². The Kier molecular flexibility index (Phi) is 2.91. The Morgan fingerprint density at radius 2 is 2.08 bits per heavy atom. The highest BCUT2D eigenvalue weighted by atomic mass is 19.1. The summed E-state index contributed by atoms with van der Waals surface area (Å²) in [6.45, 7) is 0. The van der Waals surface area contributed by atoms with E-state index in [2.05, 4.69) is 15.5 Å². The minimum atomic E-state index is -0.529. The molecule has 0 amide bonds. The van der Waals surface area contributed by atoms with E-state index in [0.29, 0.717) is 0 Å². The molecule has 0 aliphatic heterocycles. The van der Waals surface area contributed by atoms with Crippen molar-refractivity contribution in [1.29, 1.82) is 0 Å². The number of halogens is 1. The molecule has 6 heteroatoms. The lowest BCUT2D eigenvalue weighted by Gasteiger charge is -1.98. The van der Waals surface area contributed by atoms with Crippen LogP contribution in [0.15, 0.2) is 39.8 Å². The molecule has 68 valence electrons. The zero-order valence-corrected chi connectivity index (χ0v) is 6.55. The first-order chi connectivity index (χ1) is 6.29. The number of benzene rings is 1. The van der Waals surface area contributed by atoms with E-state index in [9.17, 15) is 4.39 Å². The van der Waals surface area contributed by atoms with Crippen LogP contribution in [-0.4, -0.2) is 11.0 Å². The summed E-state index contributed by atoms with van der Waals surface area (Å²) in [5.41, 5.74) is 0.0859. The summed E-state index contributed by atoms with van der Waals surface area (Å²) >= 11 is 0. The van der Waals surface area contributed by atoms with Gasteiger partial charge in [-0.3, -0.25) is 0 Å². The Bertz CT molecular complexity index is 350. The molecule has 5 nitrogen and oxygen atoms in total. The average Bonchev–Trinajstić information content (AvgIpc) is 2.16. The molecule has 0 aromatic heterocycles. The van der Waals surface area contributed by atoms with Gasteiger partial charge in [0.1, 0.15) is 5.82 Å². The van der Waals surface area contributed by atoms with Gasteiger partial charge in [-0.25, -0.2) is 4.39 Å². The third-order valence-electron chi connectivity index (χ3n) is 1.38. The van der Waals surface area contributed by atoms with Gasteiger partial charge in [-0.2, -0.15) is 5.10 Å². The summed E-state index contributed by atoms with van der Waals surface area (Å²) in [6.07, 6.45) is 0. The van der Waals surface area contributed by atoms with Crippen molar-refractivity contribution in [3.63, 3.8) is 0 Å². The highest BCUT2D eigenvalue weighted by Gasteiger charge is 2.07. The molecule has 0 heterocycles. The third kappa shape index (κ3) is 1.98. The molecule has 1 rings (SSSR count). The molecule has 0 unspecified atom stereocenters. The first-order valence-corrected chi connectivity index (χ1v) is 3.37. The standard InChI is InChI=1S/C7H7FN4O/c8-6-4-2-1-3-5(6)7(10-9)11-12-13/h1-4H,9H2,(H,10,11,13). The van der Waals surface area contributed by atoms with Gasteiger partial charge in [0, 0.05) is 5.28 Å². The zero-order valence-electron chi connectivity index (χ0n) is 6.55. The molecule has 0 spiro atoms. The Morgan fingerprint density at radius 3 is 2.62 bits per heavy atom. The first-order valence-electron chi connectivity index (χ1n) is 3.37. The fourth-order valence-electron chi connectivity index (χ4n) is 0.834. The van der Waals surface area contributed by atoms with Crippen molar-refractivity contribution in [1.82, 2.24) is 0 Å². The fraction of sp³-hybridized carbons (Fsp3) is 0. The number of nitrogens with zero attached hydrogens (tertiary/aromatic N) is 3. The smallest absolute Gasteiger partial charge is 0.206 e. The second kappa shape index (κ2) is 4.15. The lowest BCUT2D eigenvalue weighted by atomic mass is 10.2. The van der Waals surface area contributed by atoms with E-state index >= 15 is 0 Å². The normalized spacial score (nSPS) is 12.2. The van der Waals surface area contributed by atoms with E-state index in [4.69, 9.17) is 11.0 Å². The van der Waals surface area contributed by atoms with Crippen molar-refractivity contribution in [2.45, 2.75) is 0 Å². The Balaban J connectivity index is 3.13. The Hall–Kier alpha value is -1.98. The van der Waals surface area contributed by atoms with Crippen LogP contribution in [0, 0.1) is 5.82 Å². The molecule has 0 fully saturated rings. The molecule has 3 N–H and O–H groups in total. The maximum absolute atomic E-state index is 13.0. The van der Waals surface area contributed by atoms with Gasteiger partial charge in [0.05, 0.1) is 5.56 Å². The summed E-state index contributed by atoms with van der Waals surface area (Å²) in [5, 5.41) is 16.9. The number of nitrogens with two attached hydrogens (primary N) is 1. The quantitative estimate of drug-likeness (QED) is 0.225. The van der Waals surface area contributed by atoms with Gasteiger partial charge in [0.25, 0.3) is 0 Å². The molecule has 0 bridgehead atoms. The lowest BCUT2D eigenvalue weighted by Crippen LogP contribution is -2.03. The van der Waals surface area contributed by atoms with Crippen LogP contribution < -0.4 is 5.84 Å². The van der Waals surface area contributed by atoms with E-state index in [1.54, 1.807) is 6.07 Å². The van der Waals surface area contributed by atoms with Crippen molar-refractivity contribution in [2.24, 2.45) is 21.3 Å². The average molecular weight is 182 g/mol. The van der Waals surface area contributed by atoms with Gasteiger partial charge in [-0.15, -0.1) is 0 Å². The van der Waals surface area contributed by atoms with Gasteiger partial charge in [0.15, 0.2) is 0 Å². The van der Waals surface area contributed by atoms with Crippen molar-refractivity contribution in [3.8, 4) is 0 Å².